The number of phenols is 1. The normalized spacial score (nSPS) is 10.5. The van der Waals surface area contributed by atoms with Gasteiger partial charge in [0.15, 0.2) is 0 Å². The molecule has 0 saturated carbocycles. The number of carbonyl (C=O) groups is 3. The molecule has 0 fully saturated rings. The van der Waals surface area contributed by atoms with Crippen molar-refractivity contribution in [2.75, 3.05) is 10.6 Å². The number of phenolic OH excluding ortho intramolecular Hbond substituents is 1. The van der Waals surface area contributed by atoms with E-state index in [1.54, 1.807) is 36.4 Å². The molecule has 0 aliphatic carbocycles. The number of aromatic hydroxyl groups is 1. The molecule has 3 rings (SSSR count). The summed E-state index contributed by atoms with van der Waals surface area (Å²) in [6, 6.07) is 16.2. The first-order valence-corrected chi connectivity index (χ1v) is 10.3. The number of hydrogen-bond acceptors (Lipinski definition) is 7. The first kappa shape index (κ1) is 24.1. The summed E-state index contributed by atoms with van der Waals surface area (Å²) in [4.78, 5) is 47.2. The Kier molecular flexibility index (Phi) is 7.67. The highest BCUT2D eigenvalue weighted by atomic mass is 79.9. The summed E-state index contributed by atoms with van der Waals surface area (Å²) in [5.74, 6) is -3.08. The Morgan fingerprint density at radius 1 is 0.971 bits per heavy atom. The average molecular weight is 526 g/mol. The predicted molar refractivity (Wildman–Crippen MR) is 128 cm³/mol. The molecule has 0 radical (unpaired) electrons. The van der Waals surface area contributed by atoms with E-state index < -0.39 is 22.6 Å². The van der Waals surface area contributed by atoms with Crippen molar-refractivity contribution in [1.82, 2.24) is 5.43 Å². The van der Waals surface area contributed by atoms with Crippen molar-refractivity contribution >= 4 is 56.9 Å². The van der Waals surface area contributed by atoms with Crippen molar-refractivity contribution < 1.29 is 24.4 Å². The number of nitro groups is 1. The van der Waals surface area contributed by atoms with Crippen LogP contribution in [-0.4, -0.2) is 34.0 Å². The number of para-hydroxylation sites is 1. The minimum Gasteiger partial charge on any atom is -0.507 e. The van der Waals surface area contributed by atoms with Crippen LogP contribution in [0.4, 0.5) is 17.1 Å². The van der Waals surface area contributed by atoms with Crippen LogP contribution in [0, 0.1) is 10.1 Å². The Morgan fingerprint density at radius 2 is 1.68 bits per heavy atom. The summed E-state index contributed by atoms with van der Waals surface area (Å²) in [7, 11) is 0. The maximum Gasteiger partial charge on any atom is 0.329 e. The number of halogens is 1. The number of hydrogen-bond donors (Lipinski definition) is 4. The van der Waals surface area contributed by atoms with E-state index in [9.17, 15) is 29.6 Å². The SMILES string of the molecule is O=C(N/N=C/c1cc([N+](=O)[O-])ccc1O)C(=O)Nc1ccccc1C(=O)Nc1ccc(Br)cc1. The number of nitrogens with zero attached hydrogens (tertiary/aromatic N) is 2. The summed E-state index contributed by atoms with van der Waals surface area (Å²) in [5, 5.41) is 29.1. The van der Waals surface area contributed by atoms with Crippen LogP contribution in [0.15, 0.2) is 76.3 Å². The standard InChI is InChI=1S/C22H16BrN5O6/c23-14-5-7-15(8-6-14)25-20(30)17-3-1-2-4-18(17)26-21(31)22(32)27-24-12-13-11-16(28(33)34)9-10-19(13)29/h1-12,29H,(H,25,30)(H,26,31)(H,27,32)/b24-12+. The number of non-ortho nitro benzene ring substituents is 1. The van der Waals surface area contributed by atoms with Crippen molar-refractivity contribution in [2.24, 2.45) is 5.10 Å². The van der Waals surface area contributed by atoms with E-state index in [-0.39, 0.29) is 28.3 Å². The van der Waals surface area contributed by atoms with Crippen LogP contribution in [0.3, 0.4) is 0 Å². The van der Waals surface area contributed by atoms with Gasteiger partial charge in [0.25, 0.3) is 11.6 Å². The van der Waals surface area contributed by atoms with Crippen LogP contribution in [-0.2, 0) is 9.59 Å². The zero-order valence-electron chi connectivity index (χ0n) is 17.2. The lowest BCUT2D eigenvalue weighted by molar-refractivity contribution is -0.384. The van der Waals surface area contributed by atoms with E-state index in [1.165, 1.54) is 12.1 Å². The zero-order chi connectivity index (χ0) is 24.7. The van der Waals surface area contributed by atoms with Crippen molar-refractivity contribution in [3.8, 4) is 5.75 Å². The fourth-order valence-corrected chi connectivity index (χ4v) is 2.94. The summed E-state index contributed by atoms with van der Waals surface area (Å²) in [6.07, 6.45) is 0.952. The fraction of sp³-hybridized carbons (Fsp3) is 0. The third-order valence-corrected chi connectivity index (χ3v) is 4.85. The Balaban J connectivity index is 1.65. The number of nitrogens with one attached hydrogen (secondary N) is 3. The quantitative estimate of drug-likeness (QED) is 0.167. The molecule has 0 bridgehead atoms. The highest BCUT2D eigenvalue weighted by molar-refractivity contribution is 9.10. The van der Waals surface area contributed by atoms with Gasteiger partial charge in [0.05, 0.1) is 22.4 Å². The van der Waals surface area contributed by atoms with Crippen molar-refractivity contribution in [3.05, 3.63) is 92.4 Å². The number of hydrazone groups is 1. The van der Waals surface area contributed by atoms with Crippen molar-refractivity contribution in [1.29, 1.82) is 0 Å². The third-order valence-electron chi connectivity index (χ3n) is 4.32. The lowest BCUT2D eigenvalue weighted by atomic mass is 10.1. The van der Waals surface area contributed by atoms with Gasteiger partial charge < -0.3 is 15.7 Å². The van der Waals surface area contributed by atoms with Gasteiger partial charge in [-0.25, -0.2) is 5.43 Å². The smallest absolute Gasteiger partial charge is 0.329 e. The van der Waals surface area contributed by atoms with Gasteiger partial charge in [-0.1, -0.05) is 28.1 Å². The van der Waals surface area contributed by atoms with Gasteiger partial charge in [-0.2, -0.15) is 5.10 Å². The number of carbonyl (C=O) groups excluding carboxylic acids is 3. The molecular formula is C22H16BrN5O6. The van der Waals surface area contributed by atoms with Crippen molar-refractivity contribution in [3.63, 3.8) is 0 Å². The van der Waals surface area contributed by atoms with Gasteiger partial charge in [-0.15, -0.1) is 0 Å². The molecule has 12 heteroatoms. The molecule has 11 nitrogen and oxygen atoms in total. The molecule has 0 aliphatic rings. The molecule has 0 unspecified atom stereocenters. The third kappa shape index (κ3) is 6.23. The van der Waals surface area contributed by atoms with Crippen LogP contribution in [0.5, 0.6) is 5.75 Å². The number of anilines is 2. The largest absolute Gasteiger partial charge is 0.507 e. The van der Waals surface area contributed by atoms with Gasteiger partial charge >= 0.3 is 11.8 Å². The van der Waals surface area contributed by atoms with Crippen molar-refractivity contribution in [2.45, 2.75) is 0 Å². The van der Waals surface area contributed by atoms with E-state index in [2.05, 4.69) is 31.7 Å². The molecule has 0 saturated heterocycles. The maximum atomic E-state index is 12.6. The zero-order valence-corrected chi connectivity index (χ0v) is 18.8. The lowest BCUT2D eigenvalue weighted by Crippen LogP contribution is -2.33. The fourth-order valence-electron chi connectivity index (χ4n) is 2.67. The summed E-state index contributed by atoms with van der Waals surface area (Å²) in [5.41, 5.74) is 2.38. The Bertz CT molecular complexity index is 1290. The predicted octanol–water partition coefficient (Wildman–Crippen LogP) is 3.40. The van der Waals surface area contributed by atoms with Crippen LogP contribution < -0.4 is 16.1 Å². The number of rotatable bonds is 6. The number of nitro benzene ring substituents is 1. The Morgan fingerprint density at radius 3 is 2.38 bits per heavy atom. The van der Waals surface area contributed by atoms with E-state index in [4.69, 9.17) is 0 Å². The highest BCUT2D eigenvalue weighted by Crippen LogP contribution is 2.21. The van der Waals surface area contributed by atoms with Gasteiger partial charge in [-0.3, -0.25) is 24.5 Å². The second-order valence-electron chi connectivity index (χ2n) is 6.66. The van der Waals surface area contributed by atoms with Gasteiger partial charge in [0.1, 0.15) is 5.75 Å². The molecule has 34 heavy (non-hydrogen) atoms. The van der Waals surface area contributed by atoms with Gasteiger partial charge in [0.2, 0.25) is 0 Å². The average Bonchev–Trinajstić information content (AvgIpc) is 2.81. The molecule has 0 spiro atoms. The van der Waals surface area contributed by atoms with Crippen LogP contribution in [0.1, 0.15) is 15.9 Å². The topological polar surface area (TPSA) is 163 Å². The minimum atomic E-state index is -1.16. The van der Waals surface area contributed by atoms with Gasteiger partial charge in [-0.05, 0) is 42.5 Å². The summed E-state index contributed by atoms with van der Waals surface area (Å²) >= 11 is 3.30. The molecule has 3 aromatic rings. The van der Waals surface area contributed by atoms with E-state index in [0.29, 0.717) is 5.69 Å². The summed E-state index contributed by atoms with van der Waals surface area (Å²) < 4.78 is 0.840. The molecule has 0 aromatic heterocycles. The van der Waals surface area contributed by atoms with E-state index in [0.717, 1.165) is 28.9 Å². The maximum absolute atomic E-state index is 12.6. The monoisotopic (exact) mass is 525 g/mol. The minimum absolute atomic E-state index is 0.0372. The van der Waals surface area contributed by atoms with Gasteiger partial charge in [0, 0.05) is 27.9 Å². The number of amides is 3. The second-order valence-corrected chi connectivity index (χ2v) is 7.58. The highest BCUT2D eigenvalue weighted by Gasteiger charge is 2.18. The van der Waals surface area contributed by atoms with Crippen LogP contribution in [0.2, 0.25) is 0 Å². The molecule has 0 aliphatic heterocycles. The molecule has 3 aromatic carbocycles. The molecular weight excluding hydrogens is 510 g/mol. The van der Waals surface area contributed by atoms with E-state index >= 15 is 0 Å². The Labute approximate surface area is 200 Å². The molecule has 0 heterocycles. The van der Waals surface area contributed by atoms with Crippen LogP contribution >= 0.6 is 15.9 Å². The second kappa shape index (κ2) is 10.8. The first-order chi connectivity index (χ1) is 16.2. The lowest BCUT2D eigenvalue weighted by Gasteiger charge is -2.11. The molecule has 3 amide bonds. The van der Waals surface area contributed by atoms with E-state index in [1.807, 2.05) is 5.43 Å². The molecule has 4 N–H and O–H groups in total. The molecule has 172 valence electrons. The number of benzene rings is 3. The van der Waals surface area contributed by atoms with Crippen LogP contribution in [0.25, 0.3) is 0 Å². The Hall–Kier alpha value is -4.58. The first-order valence-electron chi connectivity index (χ1n) is 9.52. The molecule has 0 atom stereocenters. The summed E-state index contributed by atoms with van der Waals surface area (Å²) in [6.45, 7) is 0.